The van der Waals surface area contributed by atoms with Crippen molar-refractivity contribution in [1.29, 1.82) is 0 Å². The fourth-order valence-corrected chi connectivity index (χ4v) is 5.17. The number of urea groups is 1. The molecule has 162 valence electrons. The summed E-state index contributed by atoms with van der Waals surface area (Å²) < 4.78 is 11.6. The van der Waals surface area contributed by atoms with Gasteiger partial charge in [0.15, 0.2) is 11.5 Å². The Balaban J connectivity index is 1.34. The lowest BCUT2D eigenvalue weighted by atomic mass is 9.73. The maximum absolute atomic E-state index is 13.1. The van der Waals surface area contributed by atoms with Gasteiger partial charge in [-0.1, -0.05) is 25.0 Å². The number of carbonyl (C=O) groups excluding carboxylic acids is 2. The minimum absolute atomic E-state index is 0.0100. The van der Waals surface area contributed by atoms with Gasteiger partial charge in [0, 0.05) is 30.6 Å². The number of hydrogen-bond donors (Lipinski definition) is 2. The number of nitrogens with two attached hydrogens (primary N) is 1. The van der Waals surface area contributed by atoms with Gasteiger partial charge < -0.3 is 25.4 Å². The van der Waals surface area contributed by atoms with Crippen molar-refractivity contribution in [3.05, 3.63) is 58.7 Å². The molecule has 1 fully saturated rings. The van der Waals surface area contributed by atoms with Crippen molar-refractivity contribution in [2.24, 2.45) is 5.73 Å². The molecule has 3 amide bonds. The second-order valence-electron chi connectivity index (χ2n) is 8.72. The first-order valence-electron chi connectivity index (χ1n) is 10.9. The van der Waals surface area contributed by atoms with Crippen molar-refractivity contribution in [3.8, 4) is 11.5 Å². The van der Waals surface area contributed by atoms with Crippen LogP contribution in [0.25, 0.3) is 0 Å². The van der Waals surface area contributed by atoms with Crippen molar-refractivity contribution in [2.75, 3.05) is 19.8 Å². The summed E-state index contributed by atoms with van der Waals surface area (Å²) in [5.41, 5.74) is 9.13. The molecule has 0 unspecified atom stereocenters. The Morgan fingerprint density at radius 2 is 1.71 bits per heavy atom. The average Bonchev–Trinajstić information content (AvgIpc) is 3.25. The summed E-state index contributed by atoms with van der Waals surface area (Å²) in [6.45, 7) is 2.80. The van der Waals surface area contributed by atoms with Gasteiger partial charge in [0.05, 0.1) is 0 Å². The van der Waals surface area contributed by atoms with E-state index in [0.29, 0.717) is 38.4 Å². The molecule has 2 aromatic carbocycles. The summed E-state index contributed by atoms with van der Waals surface area (Å²) in [7, 11) is 0. The zero-order valence-electron chi connectivity index (χ0n) is 17.5. The molecule has 0 bridgehead atoms. The van der Waals surface area contributed by atoms with Gasteiger partial charge in [-0.05, 0) is 53.8 Å². The minimum Gasteiger partial charge on any atom is -0.486 e. The number of hydrogen-bond acceptors (Lipinski definition) is 4. The first-order chi connectivity index (χ1) is 15.0. The van der Waals surface area contributed by atoms with Crippen LogP contribution >= 0.6 is 0 Å². The molecule has 1 saturated carbocycles. The summed E-state index contributed by atoms with van der Waals surface area (Å²) in [5.74, 6) is 1.14. The van der Waals surface area contributed by atoms with E-state index in [1.54, 1.807) is 12.1 Å². The van der Waals surface area contributed by atoms with E-state index in [1.165, 1.54) is 18.4 Å². The second-order valence-corrected chi connectivity index (χ2v) is 8.72. The number of rotatable bonds is 3. The summed E-state index contributed by atoms with van der Waals surface area (Å²) in [6, 6.07) is 11.1. The number of nitrogens with one attached hydrogen (secondary N) is 1. The summed E-state index contributed by atoms with van der Waals surface area (Å²) in [4.78, 5) is 26.2. The highest BCUT2D eigenvalue weighted by molar-refractivity contribution is 5.92. The van der Waals surface area contributed by atoms with Crippen LogP contribution in [0.3, 0.4) is 0 Å². The van der Waals surface area contributed by atoms with E-state index in [0.717, 1.165) is 35.5 Å². The first-order valence-corrected chi connectivity index (χ1v) is 10.9. The van der Waals surface area contributed by atoms with E-state index in [9.17, 15) is 9.59 Å². The molecule has 0 saturated heterocycles. The lowest BCUT2D eigenvalue weighted by Crippen LogP contribution is -2.50. The first kappa shape index (κ1) is 19.7. The molecule has 1 aliphatic carbocycles. The lowest BCUT2D eigenvalue weighted by Gasteiger charge is -2.42. The Morgan fingerprint density at radius 1 is 1.03 bits per heavy atom. The molecule has 5 rings (SSSR count). The number of primary amides is 1. The van der Waals surface area contributed by atoms with Gasteiger partial charge >= 0.3 is 6.03 Å². The van der Waals surface area contributed by atoms with Crippen molar-refractivity contribution in [2.45, 2.75) is 44.2 Å². The van der Waals surface area contributed by atoms with Gasteiger partial charge in [-0.25, -0.2) is 4.79 Å². The summed E-state index contributed by atoms with van der Waals surface area (Å²) in [5, 5.41) is 3.03. The van der Waals surface area contributed by atoms with Gasteiger partial charge in [0.25, 0.3) is 0 Å². The molecule has 7 heteroatoms. The van der Waals surface area contributed by atoms with E-state index < -0.39 is 5.91 Å². The van der Waals surface area contributed by atoms with Gasteiger partial charge in [-0.2, -0.15) is 0 Å². The van der Waals surface area contributed by atoms with Gasteiger partial charge in [0.2, 0.25) is 5.91 Å². The molecule has 3 N–H and O–H groups in total. The number of carbonyl (C=O) groups is 2. The highest BCUT2D eigenvalue weighted by Crippen LogP contribution is 2.49. The molecule has 3 aliphatic rings. The number of ether oxygens (including phenoxy) is 2. The number of fused-ring (bicyclic) bond motifs is 3. The molecule has 2 aliphatic heterocycles. The third-order valence-corrected chi connectivity index (χ3v) is 6.72. The summed E-state index contributed by atoms with van der Waals surface area (Å²) in [6.07, 6.45) is 4.51. The normalized spacial score (nSPS) is 18.5. The number of benzene rings is 2. The molecule has 0 atom stereocenters. The van der Waals surface area contributed by atoms with Crippen molar-refractivity contribution in [3.63, 3.8) is 0 Å². The molecule has 0 radical (unpaired) electrons. The van der Waals surface area contributed by atoms with E-state index in [-0.39, 0.29) is 11.4 Å². The van der Waals surface area contributed by atoms with E-state index in [2.05, 4.69) is 17.4 Å². The zero-order chi connectivity index (χ0) is 21.4. The van der Waals surface area contributed by atoms with Crippen molar-refractivity contribution in [1.82, 2.24) is 10.2 Å². The predicted molar refractivity (Wildman–Crippen MR) is 115 cm³/mol. The molecule has 2 aromatic rings. The second kappa shape index (κ2) is 7.80. The van der Waals surface area contributed by atoms with E-state index in [4.69, 9.17) is 15.2 Å². The monoisotopic (exact) mass is 421 g/mol. The number of amides is 3. The van der Waals surface area contributed by atoms with Crippen LogP contribution in [0, 0.1) is 0 Å². The van der Waals surface area contributed by atoms with Crippen LogP contribution in [-0.2, 0) is 18.5 Å². The Morgan fingerprint density at radius 3 is 2.39 bits per heavy atom. The van der Waals surface area contributed by atoms with Gasteiger partial charge in [-0.3, -0.25) is 4.79 Å². The molecule has 7 nitrogen and oxygen atoms in total. The fourth-order valence-electron chi connectivity index (χ4n) is 5.17. The topological polar surface area (TPSA) is 93.9 Å². The van der Waals surface area contributed by atoms with Crippen LogP contribution in [0.4, 0.5) is 4.79 Å². The maximum Gasteiger partial charge on any atom is 0.317 e. The molecule has 1 spiro atoms. The molecule has 2 heterocycles. The quantitative estimate of drug-likeness (QED) is 0.796. The highest BCUT2D eigenvalue weighted by atomic mass is 16.6. The van der Waals surface area contributed by atoms with Crippen LogP contribution in [0.1, 0.15) is 52.7 Å². The highest BCUT2D eigenvalue weighted by Gasteiger charge is 2.43. The van der Waals surface area contributed by atoms with Crippen molar-refractivity contribution < 1.29 is 19.1 Å². The lowest BCUT2D eigenvalue weighted by molar-refractivity contribution is 0.1000. The van der Waals surface area contributed by atoms with Gasteiger partial charge in [0.1, 0.15) is 13.2 Å². The standard InChI is InChI=1S/C24H27N3O4/c25-22(28)17-5-3-16(4-6-17)13-26-23(29)27-14-18-11-20-21(31-10-9-30-20)12-19(18)24(15-27)7-1-2-8-24/h3-6,11-12H,1-2,7-10,13-15H2,(H2,25,28)(H,26,29). The molecule has 31 heavy (non-hydrogen) atoms. The van der Waals surface area contributed by atoms with Crippen LogP contribution < -0.4 is 20.5 Å². The Bertz CT molecular complexity index is 1010. The minimum atomic E-state index is -0.457. The average molecular weight is 421 g/mol. The SMILES string of the molecule is NC(=O)c1ccc(CNC(=O)N2Cc3cc4c(cc3C3(CCCC3)C2)OCCO4)cc1. The molecular formula is C24H27N3O4. The Hall–Kier alpha value is -3.22. The van der Waals surface area contributed by atoms with Gasteiger partial charge in [-0.15, -0.1) is 0 Å². The predicted octanol–water partition coefficient (Wildman–Crippen LogP) is 3.09. The Labute approximate surface area is 181 Å². The number of nitrogens with zero attached hydrogens (tertiary/aromatic N) is 1. The summed E-state index contributed by atoms with van der Waals surface area (Å²) >= 11 is 0. The largest absolute Gasteiger partial charge is 0.486 e. The van der Waals surface area contributed by atoms with Crippen LogP contribution in [0.5, 0.6) is 11.5 Å². The fraction of sp³-hybridized carbons (Fsp3) is 0.417. The van der Waals surface area contributed by atoms with Crippen LogP contribution in [-0.4, -0.2) is 36.6 Å². The van der Waals surface area contributed by atoms with Crippen molar-refractivity contribution >= 4 is 11.9 Å². The van der Waals surface area contributed by atoms with E-state index >= 15 is 0 Å². The smallest absolute Gasteiger partial charge is 0.317 e. The third kappa shape index (κ3) is 3.69. The maximum atomic E-state index is 13.1. The van der Waals surface area contributed by atoms with E-state index in [1.807, 2.05) is 17.0 Å². The third-order valence-electron chi connectivity index (χ3n) is 6.72. The zero-order valence-corrected chi connectivity index (χ0v) is 17.5. The molecule has 0 aromatic heterocycles. The van der Waals surface area contributed by atoms with Crippen LogP contribution in [0.15, 0.2) is 36.4 Å². The molecular weight excluding hydrogens is 394 g/mol. The Kier molecular flexibility index (Phi) is 4.96. The van der Waals surface area contributed by atoms with Crippen LogP contribution in [0.2, 0.25) is 0 Å².